The lowest BCUT2D eigenvalue weighted by molar-refractivity contribution is -0.137. The molecule has 0 radical (unpaired) electrons. The van der Waals surface area contributed by atoms with Gasteiger partial charge in [0.25, 0.3) is 0 Å². The Labute approximate surface area is 105 Å². The van der Waals surface area contributed by atoms with Crippen molar-refractivity contribution in [3.63, 3.8) is 0 Å². The van der Waals surface area contributed by atoms with Gasteiger partial charge in [-0.3, -0.25) is 9.69 Å². The molecule has 0 amide bonds. The summed E-state index contributed by atoms with van der Waals surface area (Å²) in [6, 6.07) is 0. The molecule has 7 heteroatoms. The molecule has 1 saturated heterocycles. The molecule has 2 heterocycles. The Hall–Kier alpha value is -1.47. The molecule has 1 aromatic heterocycles. The summed E-state index contributed by atoms with van der Waals surface area (Å²) in [6.45, 7) is 4.75. The Kier molecular flexibility index (Phi) is 4.27. The van der Waals surface area contributed by atoms with Gasteiger partial charge in [0.1, 0.15) is 0 Å². The smallest absolute Gasteiger partial charge is 0.303 e. The van der Waals surface area contributed by atoms with Gasteiger partial charge in [0.05, 0.1) is 13.0 Å². The van der Waals surface area contributed by atoms with Crippen LogP contribution in [-0.2, 0) is 17.8 Å². The fourth-order valence-electron chi connectivity index (χ4n) is 1.88. The highest BCUT2D eigenvalue weighted by Gasteiger charge is 2.16. The van der Waals surface area contributed by atoms with E-state index in [4.69, 9.17) is 9.63 Å². The molecule has 0 aromatic carbocycles. The van der Waals surface area contributed by atoms with Crippen molar-refractivity contribution in [1.29, 1.82) is 0 Å². The lowest BCUT2D eigenvalue weighted by Crippen LogP contribution is -2.44. The fourth-order valence-corrected chi connectivity index (χ4v) is 1.88. The molecule has 7 nitrogen and oxygen atoms in total. The summed E-state index contributed by atoms with van der Waals surface area (Å²) in [4.78, 5) is 19.2. The number of nitrogens with zero attached hydrogens (tertiary/aromatic N) is 4. The van der Waals surface area contributed by atoms with Crippen LogP contribution in [0, 0.1) is 0 Å². The van der Waals surface area contributed by atoms with Crippen LogP contribution in [0.4, 0.5) is 0 Å². The average molecular weight is 254 g/mol. The van der Waals surface area contributed by atoms with Crippen molar-refractivity contribution in [1.82, 2.24) is 19.9 Å². The van der Waals surface area contributed by atoms with Crippen molar-refractivity contribution in [3.8, 4) is 0 Å². The number of piperazine rings is 1. The maximum atomic E-state index is 10.4. The van der Waals surface area contributed by atoms with Crippen LogP contribution in [0.25, 0.3) is 0 Å². The second-order valence-corrected chi connectivity index (χ2v) is 4.58. The molecule has 18 heavy (non-hydrogen) atoms. The van der Waals surface area contributed by atoms with Gasteiger partial charge in [0, 0.05) is 32.6 Å². The third-order valence-electron chi connectivity index (χ3n) is 3.02. The summed E-state index contributed by atoms with van der Waals surface area (Å²) >= 11 is 0. The standard InChI is InChI=1S/C11H18N4O3/c1-14-4-6-15(7-5-14)8-9-12-10(18-13-9)2-3-11(16)17/h2-8H2,1H3,(H,16,17). The first-order valence-electron chi connectivity index (χ1n) is 6.07. The highest BCUT2D eigenvalue weighted by Crippen LogP contribution is 2.06. The van der Waals surface area contributed by atoms with E-state index in [1.165, 1.54) is 0 Å². The SMILES string of the molecule is CN1CCN(Cc2noc(CCC(=O)O)n2)CC1. The molecule has 0 unspecified atom stereocenters. The highest BCUT2D eigenvalue weighted by molar-refractivity contribution is 5.66. The van der Waals surface area contributed by atoms with Gasteiger partial charge < -0.3 is 14.5 Å². The van der Waals surface area contributed by atoms with E-state index < -0.39 is 5.97 Å². The third kappa shape index (κ3) is 3.78. The summed E-state index contributed by atoms with van der Waals surface area (Å²) in [7, 11) is 2.11. The predicted octanol–water partition coefficient (Wildman–Crippen LogP) is -0.166. The molecule has 1 aliphatic heterocycles. The zero-order valence-electron chi connectivity index (χ0n) is 10.5. The first-order chi connectivity index (χ1) is 8.63. The maximum Gasteiger partial charge on any atom is 0.303 e. The van der Waals surface area contributed by atoms with Crippen LogP contribution in [0.2, 0.25) is 0 Å². The van der Waals surface area contributed by atoms with Gasteiger partial charge in [-0.2, -0.15) is 4.98 Å². The Balaban J connectivity index is 1.81. The summed E-state index contributed by atoms with van der Waals surface area (Å²) < 4.78 is 5.02. The van der Waals surface area contributed by atoms with E-state index in [0.29, 0.717) is 24.7 Å². The minimum atomic E-state index is -0.853. The molecule has 1 aromatic rings. The Bertz CT molecular complexity index is 399. The predicted molar refractivity (Wildman–Crippen MR) is 63.0 cm³/mol. The van der Waals surface area contributed by atoms with Gasteiger partial charge in [-0.05, 0) is 7.05 Å². The molecule has 1 aliphatic rings. The molecule has 1 fully saturated rings. The number of carboxylic acid groups (broad SMARTS) is 1. The number of hydrogen-bond acceptors (Lipinski definition) is 6. The van der Waals surface area contributed by atoms with Gasteiger partial charge in [-0.25, -0.2) is 0 Å². The van der Waals surface area contributed by atoms with E-state index in [-0.39, 0.29) is 6.42 Å². The van der Waals surface area contributed by atoms with Gasteiger partial charge in [-0.15, -0.1) is 0 Å². The third-order valence-corrected chi connectivity index (χ3v) is 3.02. The highest BCUT2D eigenvalue weighted by atomic mass is 16.5. The quantitative estimate of drug-likeness (QED) is 0.781. The number of carboxylic acids is 1. The summed E-state index contributed by atoms with van der Waals surface area (Å²) in [5.74, 6) is 0.190. The number of aliphatic carboxylic acids is 1. The van der Waals surface area contributed by atoms with E-state index >= 15 is 0 Å². The number of rotatable bonds is 5. The molecule has 2 rings (SSSR count). The van der Waals surface area contributed by atoms with Crippen LogP contribution in [0.15, 0.2) is 4.52 Å². The largest absolute Gasteiger partial charge is 0.481 e. The lowest BCUT2D eigenvalue weighted by Gasteiger charge is -2.31. The zero-order valence-corrected chi connectivity index (χ0v) is 10.5. The topological polar surface area (TPSA) is 82.7 Å². The Morgan fingerprint density at radius 1 is 1.39 bits per heavy atom. The van der Waals surface area contributed by atoms with Crippen LogP contribution in [0.1, 0.15) is 18.1 Å². The van der Waals surface area contributed by atoms with E-state index in [1.807, 2.05) is 0 Å². The first kappa shape index (κ1) is 13.0. The number of aromatic nitrogens is 2. The molecular formula is C11H18N4O3. The Morgan fingerprint density at radius 3 is 2.78 bits per heavy atom. The van der Waals surface area contributed by atoms with Gasteiger partial charge in [-0.1, -0.05) is 5.16 Å². The minimum absolute atomic E-state index is 0.0240. The molecule has 1 N–H and O–H groups in total. The van der Waals surface area contributed by atoms with E-state index in [2.05, 4.69) is 27.0 Å². The first-order valence-corrected chi connectivity index (χ1v) is 6.07. The van der Waals surface area contributed by atoms with Gasteiger partial charge in [0.2, 0.25) is 5.89 Å². The molecule has 0 aliphatic carbocycles. The van der Waals surface area contributed by atoms with Gasteiger partial charge in [0.15, 0.2) is 5.82 Å². The Morgan fingerprint density at radius 2 is 2.11 bits per heavy atom. The second-order valence-electron chi connectivity index (χ2n) is 4.58. The van der Waals surface area contributed by atoms with Crippen molar-refractivity contribution >= 4 is 5.97 Å². The summed E-state index contributed by atoms with van der Waals surface area (Å²) in [5.41, 5.74) is 0. The van der Waals surface area contributed by atoms with Gasteiger partial charge >= 0.3 is 5.97 Å². The van der Waals surface area contributed by atoms with E-state index in [9.17, 15) is 4.79 Å². The number of aryl methyl sites for hydroxylation is 1. The zero-order chi connectivity index (χ0) is 13.0. The number of likely N-dealkylation sites (N-methyl/N-ethyl adjacent to an activating group) is 1. The number of hydrogen-bond donors (Lipinski definition) is 1. The normalized spacial score (nSPS) is 18.1. The van der Waals surface area contributed by atoms with Crippen molar-refractivity contribution in [3.05, 3.63) is 11.7 Å². The fraction of sp³-hybridized carbons (Fsp3) is 0.727. The molecule has 0 spiro atoms. The minimum Gasteiger partial charge on any atom is -0.481 e. The van der Waals surface area contributed by atoms with Crippen molar-refractivity contribution < 1.29 is 14.4 Å². The van der Waals surface area contributed by atoms with Crippen molar-refractivity contribution in [2.45, 2.75) is 19.4 Å². The van der Waals surface area contributed by atoms with Crippen molar-refractivity contribution in [2.75, 3.05) is 33.2 Å². The van der Waals surface area contributed by atoms with Crippen LogP contribution in [0.3, 0.4) is 0 Å². The van der Waals surface area contributed by atoms with Crippen LogP contribution >= 0.6 is 0 Å². The monoisotopic (exact) mass is 254 g/mol. The summed E-state index contributed by atoms with van der Waals surface area (Å²) in [6.07, 6.45) is 0.321. The van der Waals surface area contributed by atoms with E-state index in [0.717, 1.165) is 26.2 Å². The van der Waals surface area contributed by atoms with Crippen LogP contribution < -0.4 is 0 Å². The lowest BCUT2D eigenvalue weighted by atomic mass is 10.3. The maximum absolute atomic E-state index is 10.4. The second kappa shape index (κ2) is 5.92. The molecule has 0 atom stereocenters. The molecule has 100 valence electrons. The average Bonchev–Trinajstić information content (AvgIpc) is 2.77. The van der Waals surface area contributed by atoms with Crippen LogP contribution in [-0.4, -0.2) is 64.2 Å². The number of carbonyl (C=O) groups is 1. The van der Waals surface area contributed by atoms with E-state index in [1.54, 1.807) is 0 Å². The summed E-state index contributed by atoms with van der Waals surface area (Å²) in [5, 5.41) is 12.4. The molecular weight excluding hydrogens is 236 g/mol. The van der Waals surface area contributed by atoms with Crippen LogP contribution in [0.5, 0.6) is 0 Å². The molecule has 0 bridgehead atoms. The molecule has 0 saturated carbocycles. The van der Waals surface area contributed by atoms with Crippen molar-refractivity contribution in [2.24, 2.45) is 0 Å².